The third-order valence-corrected chi connectivity index (χ3v) is 4.24. The van der Waals surface area contributed by atoms with E-state index in [0.29, 0.717) is 38.6 Å². The van der Waals surface area contributed by atoms with Gasteiger partial charge >= 0.3 is 21.5 Å². The van der Waals surface area contributed by atoms with E-state index in [1.807, 2.05) is 0 Å². The number of halogens is 6. The van der Waals surface area contributed by atoms with Crippen molar-refractivity contribution in [3.63, 3.8) is 0 Å². The summed E-state index contributed by atoms with van der Waals surface area (Å²) in [5.74, 6) is 0. The molecule has 3 N–H and O–H groups in total. The van der Waals surface area contributed by atoms with Gasteiger partial charge in [-0.25, -0.2) is 4.39 Å². The van der Waals surface area contributed by atoms with Gasteiger partial charge in [-0.15, -0.1) is 6.58 Å². The van der Waals surface area contributed by atoms with Gasteiger partial charge in [0, 0.05) is 13.0 Å². The van der Waals surface area contributed by atoms with Crippen LogP contribution in [-0.4, -0.2) is 37.1 Å². The third kappa shape index (κ3) is 14.4. The number of nitrogens with two attached hydrogens (primary N) is 1. The van der Waals surface area contributed by atoms with Crippen LogP contribution in [0.5, 0.6) is 0 Å². The highest BCUT2D eigenvalue weighted by molar-refractivity contribution is 7.86. The second-order valence-corrected chi connectivity index (χ2v) is 7.15. The van der Waals surface area contributed by atoms with Crippen molar-refractivity contribution in [2.24, 2.45) is 5.73 Å². The van der Waals surface area contributed by atoms with Crippen molar-refractivity contribution >= 4 is 10.1 Å². The van der Waals surface area contributed by atoms with Crippen molar-refractivity contribution in [3.8, 4) is 0 Å². The SMILES string of the molecule is C=CCN.O=S(=O)(O)C(F)(F)C(F)CCCCCCCCCC(F)(F)F. The van der Waals surface area contributed by atoms with E-state index in [1.54, 1.807) is 6.08 Å². The van der Waals surface area contributed by atoms with Crippen molar-refractivity contribution in [1.82, 2.24) is 0 Å². The second kappa shape index (κ2) is 13.4. The van der Waals surface area contributed by atoms with Crippen LogP contribution in [0, 0.1) is 0 Å². The molecule has 0 rings (SSSR count). The lowest BCUT2D eigenvalue weighted by Crippen LogP contribution is -2.38. The summed E-state index contributed by atoms with van der Waals surface area (Å²) in [6.07, 6.45) is -4.50. The molecule has 0 bridgehead atoms. The Labute approximate surface area is 150 Å². The molecule has 0 aliphatic heterocycles. The average Bonchev–Trinajstić information content (AvgIpc) is 2.51. The van der Waals surface area contributed by atoms with Gasteiger partial charge in [-0.3, -0.25) is 4.55 Å². The first kappa shape index (κ1) is 27.4. The molecule has 0 aromatic carbocycles. The zero-order chi connectivity index (χ0) is 20.9. The van der Waals surface area contributed by atoms with Gasteiger partial charge in [0.25, 0.3) is 0 Å². The van der Waals surface area contributed by atoms with Crippen LogP contribution in [0.1, 0.15) is 57.8 Å². The molecule has 0 aliphatic carbocycles. The molecular formula is C15H27F6NO3S. The molecule has 0 aromatic rings. The standard InChI is InChI=1S/C12H20F6O3S.C3H7N/c13-10(12(17,18)22(19,20)21)8-6-4-2-1-3-5-7-9-11(14,15)16;1-2-3-4/h10H,1-9H2,(H,19,20,21);2H,1,3-4H2. The molecule has 26 heavy (non-hydrogen) atoms. The topological polar surface area (TPSA) is 80.4 Å². The highest BCUT2D eigenvalue weighted by atomic mass is 32.2. The molecule has 0 fully saturated rings. The van der Waals surface area contributed by atoms with E-state index in [2.05, 4.69) is 6.58 Å². The van der Waals surface area contributed by atoms with E-state index in [9.17, 15) is 34.8 Å². The predicted octanol–water partition coefficient (Wildman–Crippen LogP) is 5.01. The highest BCUT2D eigenvalue weighted by Gasteiger charge is 2.52. The Hall–Kier alpha value is -0.810. The molecule has 1 atom stereocenters. The van der Waals surface area contributed by atoms with Crippen molar-refractivity contribution in [2.45, 2.75) is 75.4 Å². The summed E-state index contributed by atoms with van der Waals surface area (Å²) in [6.45, 7) is 3.94. The van der Waals surface area contributed by atoms with Crippen molar-refractivity contribution in [1.29, 1.82) is 0 Å². The molecule has 158 valence electrons. The Kier molecular flexibility index (Phi) is 14.1. The van der Waals surface area contributed by atoms with Crippen molar-refractivity contribution in [2.75, 3.05) is 6.54 Å². The highest BCUT2D eigenvalue weighted by Crippen LogP contribution is 2.30. The maximum absolute atomic E-state index is 13.1. The van der Waals surface area contributed by atoms with E-state index in [0.717, 1.165) is 0 Å². The fourth-order valence-electron chi connectivity index (χ4n) is 1.86. The number of unbranched alkanes of at least 4 members (excludes halogenated alkanes) is 6. The molecule has 0 heterocycles. The first-order valence-corrected chi connectivity index (χ1v) is 9.60. The van der Waals surface area contributed by atoms with Crippen LogP contribution in [0.4, 0.5) is 26.3 Å². The predicted molar refractivity (Wildman–Crippen MR) is 88.3 cm³/mol. The molecule has 11 heteroatoms. The fraction of sp³-hybridized carbons (Fsp3) is 0.867. The van der Waals surface area contributed by atoms with Gasteiger partial charge in [0.2, 0.25) is 0 Å². The summed E-state index contributed by atoms with van der Waals surface area (Å²) in [5, 5.41) is -4.81. The van der Waals surface area contributed by atoms with Gasteiger partial charge in [0.15, 0.2) is 6.17 Å². The minimum Gasteiger partial charge on any atom is -0.327 e. The van der Waals surface area contributed by atoms with Crippen LogP contribution in [0.2, 0.25) is 0 Å². The molecule has 0 aliphatic rings. The summed E-state index contributed by atoms with van der Waals surface area (Å²) in [6, 6.07) is 0. The first-order valence-electron chi connectivity index (χ1n) is 8.16. The summed E-state index contributed by atoms with van der Waals surface area (Å²) in [4.78, 5) is 0. The summed E-state index contributed by atoms with van der Waals surface area (Å²) < 4.78 is 103. The lowest BCUT2D eigenvalue weighted by Gasteiger charge is -2.17. The quantitative estimate of drug-likeness (QED) is 0.203. The Morgan fingerprint density at radius 2 is 1.35 bits per heavy atom. The van der Waals surface area contributed by atoms with Gasteiger partial charge in [-0.05, 0) is 12.8 Å². The molecule has 0 amide bonds. The minimum absolute atomic E-state index is 0.00876. The molecule has 1 unspecified atom stereocenters. The number of alkyl halides is 6. The Morgan fingerprint density at radius 1 is 0.962 bits per heavy atom. The Balaban J connectivity index is 0. The van der Waals surface area contributed by atoms with Crippen LogP contribution in [0.25, 0.3) is 0 Å². The van der Waals surface area contributed by atoms with Crippen molar-refractivity contribution < 1.29 is 39.3 Å². The normalized spacial score (nSPS) is 13.7. The summed E-state index contributed by atoms with van der Waals surface area (Å²) >= 11 is 0. The van der Waals surface area contributed by atoms with E-state index >= 15 is 0 Å². The summed E-state index contributed by atoms with van der Waals surface area (Å²) in [5.41, 5.74) is 4.91. The molecule has 0 aromatic heterocycles. The fourth-order valence-corrected chi connectivity index (χ4v) is 2.30. The largest absolute Gasteiger partial charge is 0.400 e. The number of rotatable bonds is 12. The van der Waals surface area contributed by atoms with Gasteiger partial charge in [0.05, 0.1) is 0 Å². The van der Waals surface area contributed by atoms with Crippen LogP contribution in [-0.2, 0) is 10.1 Å². The maximum Gasteiger partial charge on any atom is 0.400 e. The first-order chi connectivity index (χ1) is 11.8. The summed E-state index contributed by atoms with van der Waals surface area (Å²) in [7, 11) is -5.77. The van der Waals surface area contributed by atoms with Crippen molar-refractivity contribution in [3.05, 3.63) is 12.7 Å². The smallest absolute Gasteiger partial charge is 0.327 e. The van der Waals surface area contributed by atoms with Crippen LogP contribution >= 0.6 is 0 Å². The van der Waals surface area contributed by atoms with Gasteiger partial charge < -0.3 is 5.73 Å². The maximum atomic E-state index is 13.1. The lowest BCUT2D eigenvalue weighted by atomic mass is 10.1. The second-order valence-electron chi connectivity index (χ2n) is 5.66. The Bertz CT molecular complexity index is 468. The molecule has 4 nitrogen and oxygen atoms in total. The van der Waals surface area contributed by atoms with E-state index in [1.165, 1.54) is 0 Å². The van der Waals surface area contributed by atoms with Crippen LogP contribution < -0.4 is 5.73 Å². The third-order valence-electron chi connectivity index (χ3n) is 3.29. The van der Waals surface area contributed by atoms with E-state index in [4.69, 9.17) is 10.3 Å². The Morgan fingerprint density at radius 3 is 1.69 bits per heavy atom. The van der Waals surface area contributed by atoms with Gasteiger partial charge in [-0.2, -0.15) is 30.4 Å². The molecule has 0 spiro atoms. The van der Waals surface area contributed by atoms with E-state index in [-0.39, 0.29) is 12.8 Å². The molecule has 0 saturated heterocycles. The molecule has 0 saturated carbocycles. The zero-order valence-electron chi connectivity index (χ0n) is 14.4. The van der Waals surface area contributed by atoms with Gasteiger partial charge in [-0.1, -0.05) is 44.6 Å². The lowest BCUT2D eigenvalue weighted by molar-refractivity contribution is -0.135. The molecule has 0 radical (unpaired) electrons. The van der Waals surface area contributed by atoms with E-state index < -0.39 is 40.6 Å². The monoisotopic (exact) mass is 415 g/mol. The van der Waals surface area contributed by atoms with Gasteiger partial charge in [0.1, 0.15) is 0 Å². The molecular weight excluding hydrogens is 388 g/mol. The average molecular weight is 415 g/mol. The minimum atomic E-state index is -5.77. The zero-order valence-corrected chi connectivity index (χ0v) is 15.3. The number of hydrogen-bond acceptors (Lipinski definition) is 3. The van der Waals surface area contributed by atoms with Crippen LogP contribution in [0.15, 0.2) is 12.7 Å². The number of hydrogen-bond donors (Lipinski definition) is 2. The van der Waals surface area contributed by atoms with Crippen LogP contribution in [0.3, 0.4) is 0 Å².